The van der Waals surface area contributed by atoms with Crippen molar-refractivity contribution in [1.29, 1.82) is 0 Å². The molecule has 2 rings (SSSR count). The monoisotopic (exact) mass is 281 g/mol. The minimum Gasteiger partial charge on any atom is -0.312 e. The summed E-state index contributed by atoms with van der Waals surface area (Å²) in [4.78, 5) is 8.12. The van der Waals surface area contributed by atoms with E-state index in [0.717, 1.165) is 19.6 Å². The lowest BCUT2D eigenvalue weighted by atomic mass is 10.2. The molecule has 0 bridgehead atoms. The highest BCUT2D eigenvalue weighted by molar-refractivity contribution is 7.11. The highest BCUT2D eigenvalue weighted by Gasteiger charge is 2.18. The molecule has 108 valence electrons. The maximum atomic E-state index is 3.39. The van der Waals surface area contributed by atoms with Crippen LogP contribution < -0.4 is 5.32 Å². The van der Waals surface area contributed by atoms with E-state index in [1.165, 1.54) is 35.9 Å². The summed E-state index contributed by atoms with van der Waals surface area (Å²) >= 11 is 1.96. The Balaban J connectivity index is 1.77. The third kappa shape index (κ3) is 4.56. The largest absolute Gasteiger partial charge is 0.312 e. The molecule has 1 aliphatic rings. The van der Waals surface area contributed by atoms with Crippen LogP contribution in [0.15, 0.2) is 12.1 Å². The minimum atomic E-state index is 0.690. The van der Waals surface area contributed by atoms with Crippen LogP contribution >= 0.6 is 11.3 Å². The second kappa shape index (κ2) is 7.39. The van der Waals surface area contributed by atoms with Gasteiger partial charge in [0, 0.05) is 55.1 Å². The maximum absolute atomic E-state index is 3.39. The number of rotatable bonds is 6. The lowest BCUT2D eigenvalue weighted by Crippen LogP contribution is -2.48. The average Bonchev–Trinajstić information content (AvgIpc) is 2.84. The Kier molecular flexibility index (Phi) is 5.82. The van der Waals surface area contributed by atoms with Crippen molar-refractivity contribution in [3.05, 3.63) is 21.9 Å². The molecule has 0 spiro atoms. The molecule has 1 N–H and O–H groups in total. The smallest absolute Gasteiger partial charge is 0.0329 e. The van der Waals surface area contributed by atoms with Crippen molar-refractivity contribution in [2.24, 2.45) is 0 Å². The number of hydrogen-bond acceptors (Lipinski definition) is 4. The van der Waals surface area contributed by atoms with E-state index in [2.05, 4.69) is 48.0 Å². The quantitative estimate of drug-likeness (QED) is 0.864. The first-order valence-electron chi connectivity index (χ1n) is 7.43. The van der Waals surface area contributed by atoms with Gasteiger partial charge in [-0.15, -0.1) is 11.3 Å². The van der Waals surface area contributed by atoms with Crippen LogP contribution in [0.1, 0.15) is 30.5 Å². The van der Waals surface area contributed by atoms with Crippen molar-refractivity contribution in [3.63, 3.8) is 0 Å². The van der Waals surface area contributed by atoms with Gasteiger partial charge in [-0.25, -0.2) is 0 Å². The van der Waals surface area contributed by atoms with Gasteiger partial charge in [0.1, 0.15) is 0 Å². The normalized spacial score (nSPS) is 18.3. The maximum Gasteiger partial charge on any atom is 0.0329 e. The molecule has 0 amide bonds. The highest BCUT2D eigenvalue weighted by atomic mass is 32.1. The third-order valence-corrected chi connectivity index (χ3v) is 4.85. The standard InChI is InChI=1S/C15H27N3S/c1-4-16-11-14-5-6-15(19-14)12-17-7-9-18(10-8-17)13(2)3/h5-6,13,16H,4,7-12H2,1-3H3. The average molecular weight is 281 g/mol. The summed E-state index contributed by atoms with van der Waals surface area (Å²) in [6.07, 6.45) is 0. The minimum absolute atomic E-state index is 0.690. The van der Waals surface area contributed by atoms with Crippen LogP contribution in [-0.4, -0.2) is 48.6 Å². The van der Waals surface area contributed by atoms with Crippen molar-refractivity contribution in [3.8, 4) is 0 Å². The second-order valence-electron chi connectivity index (χ2n) is 5.55. The summed E-state index contributed by atoms with van der Waals surface area (Å²) in [5.41, 5.74) is 0. The molecular formula is C15H27N3S. The SMILES string of the molecule is CCNCc1ccc(CN2CCN(C(C)C)CC2)s1. The Labute approximate surface area is 121 Å². The van der Waals surface area contributed by atoms with Gasteiger partial charge in [-0.05, 0) is 32.5 Å². The first-order chi connectivity index (χ1) is 9.19. The summed E-state index contributed by atoms with van der Waals surface area (Å²) in [6.45, 7) is 14.8. The van der Waals surface area contributed by atoms with Gasteiger partial charge in [-0.1, -0.05) is 6.92 Å². The van der Waals surface area contributed by atoms with Crippen LogP contribution in [-0.2, 0) is 13.1 Å². The van der Waals surface area contributed by atoms with Gasteiger partial charge in [-0.3, -0.25) is 9.80 Å². The number of piperazine rings is 1. The van der Waals surface area contributed by atoms with Crippen molar-refractivity contribution in [2.75, 3.05) is 32.7 Å². The molecule has 19 heavy (non-hydrogen) atoms. The molecule has 1 fully saturated rings. The van der Waals surface area contributed by atoms with Crippen LogP contribution in [0.5, 0.6) is 0 Å². The molecule has 1 saturated heterocycles. The predicted molar refractivity (Wildman–Crippen MR) is 83.7 cm³/mol. The Morgan fingerprint density at radius 1 is 1.16 bits per heavy atom. The van der Waals surface area contributed by atoms with Crippen LogP contribution in [0.25, 0.3) is 0 Å². The van der Waals surface area contributed by atoms with Gasteiger partial charge < -0.3 is 5.32 Å². The molecule has 1 aromatic heterocycles. The van der Waals surface area contributed by atoms with Crippen LogP contribution in [0.4, 0.5) is 0 Å². The molecule has 0 radical (unpaired) electrons. The molecule has 0 unspecified atom stereocenters. The molecule has 0 aliphatic carbocycles. The summed E-state index contributed by atoms with van der Waals surface area (Å²) in [6, 6.07) is 5.26. The van der Waals surface area contributed by atoms with Gasteiger partial charge in [-0.2, -0.15) is 0 Å². The van der Waals surface area contributed by atoms with Gasteiger partial charge in [0.15, 0.2) is 0 Å². The predicted octanol–water partition coefficient (Wildman–Crippen LogP) is 2.38. The van der Waals surface area contributed by atoms with Crippen molar-refractivity contribution in [1.82, 2.24) is 15.1 Å². The highest BCUT2D eigenvalue weighted by Crippen LogP contribution is 2.19. The second-order valence-corrected chi connectivity index (χ2v) is 6.81. The van der Waals surface area contributed by atoms with E-state index >= 15 is 0 Å². The number of hydrogen-bond donors (Lipinski definition) is 1. The van der Waals surface area contributed by atoms with Gasteiger partial charge in [0.2, 0.25) is 0 Å². The van der Waals surface area contributed by atoms with Crippen molar-refractivity contribution in [2.45, 2.75) is 39.9 Å². The van der Waals surface area contributed by atoms with E-state index in [1.807, 2.05) is 11.3 Å². The van der Waals surface area contributed by atoms with E-state index < -0.39 is 0 Å². The van der Waals surface area contributed by atoms with E-state index in [-0.39, 0.29) is 0 Å². The molecule has 3 nitrogen and oxygen atoms in total. The zero-order chi connectivity index (χ0) is 13.7. The van der Waals surface area contributed by atoms with E-state index in [0.29, 0.717) is 6.04 Å². The van der Waals surface area contributed by atoms with Gasteiger partial charge >= 0.3 is 0 Å². The Bertz CT molecular complexity index is 367. The third-order valence-electron chi connectivity index (χ3n) is 3.78. The fourth-order valence-corrected chi connectivity index (χ4v) is 3.54. The fourth-order valence-electron chi connectivity index (χ4n) is 2.51. The van der Waals surface area contributed by atoms with Crippen LogP contribution in [0.2, 0.25) is 0 Å². The van der Waals surface area contributed by atoms with E-state index in [4.69, 9.17) is 0 Å². The Morgan fingerprint density at radius 3 is 2.47 bits per heavy atom. The summed E-state index contributed by atoms with van der Waals surface area (Å²) in [7, 11) is 0. The molecule has 1 aromatic rings. The van der Waals surface area contributed by atoms with Crippen molar-refractivity contribution >= 4 is 11.3 Å². The topological polar surface area (TPSA) is 18.5 Å². The molecule has 2 heterocycles. The van der Waals surface area contributed by atoms with Gasteiger partial charge in [0.05, 0.1) is 0 Å². The molecule has 1 aliphatic heterocycles. The molecular weight excluding hydrogens is 254 g/mol. The summed E-state index contributed by atoms with van der Waals surface area (Å²) < 4.78 is 0. The lowest BCUT2D eigenvalue weighted by molar-refractivity contribution is 0.105. The molecule has 0 aromatic carbocycles. The Hall–Kier alpha value is -0.420. The van der Waals surface area contributed by atoms with Crippen LogP contribution in [0, 0.1) is 0 Å². The van der Waals surface area contributed by atoms with E-state index in [1.54, 1.807) is 0 Å². The van der Waals surface area contributed by atoms with Crippen molar-refractivity contribution < 1.29 is 0 Å². The fraction of sp³-hybridized carbons (Fsp3) is 0.733. The Morgan fingerprint density at radius 2 is 1.84 bits per heavy atom. The lowest BCUT2D eigenvalue weighted by Gasteiger charge is -2.36. The first kappa shape index (κ1) is 15.0. The summed E-state index contributed by atoms with van der Waals surface area (Å²) in [5.74, 6) is 0. The van der Waals surface area contributed by atoms with E-state index in [9.17, 15) is 0 Å². The van der Waals surface area contributed by atoms with Crippen LogP contribution in [0.3, 0.4) is 0 Å². The van der Waals surface area contributed by atoms with Gasteiger partial charge in [0.25, 0.3) is 0 Å². The zero-order valence-corrected chi connectivity index (χ0v) is 13.3. The number of thiophene rings is 1. The number of nitrogens with one attached hydrogen (secondary N) is 1. The first-order valence-corrected chi connectivity index (χ1v) is 8.25. The zero-order valence-electron chi connectivity index (χ0n) is 12.5. The summed E-state index contributed by atoms with van der Waals surface area (Å²) in [5, 5.41) is 3.39. The molecule has 0 saturated carbocycles. The molecule has 4 heteroatoms. The molecule has 0 atom stereocenters. The number of nitrogens with zero attached hydrogens (tertiary/aromatic N) is 2.